The molecule has 2 aromatic rings. The number of carbonyl (C=O) groups excluding carboxylic acids is 1. The summed E-state index contributed by atoms with van der Waals surface area (Å²) in [5, 5.41) is 14.1. The van der Waals surface area contributed by atoms with Crippen molar-refractivity contribution in [2.45, 2.75) is 32.7 Å². The average Bonchev–Trinajstić information content (AvgIpc) is 3.23. The number of nitriles is 1. The highest BCUT2D eigenvalue weighted by Gasteiger charge is 2.34. The summed E-state index contributed by atoms with van der Waals surface area (Å²) in [6.45, 7) is 3.87. The van der Waals surface area contributed by atoms with E-state index in [9.17, 15) is 4.79 Å². The van der Waals surface area contributed by atoms with Crippen molar-refractivity contribution in [2.75, 3.05) is 6.54 Å². The van der Waals surface area contributed by atoms with Gasteiger partial charge in [0.05, 0.1) is 22.7 Å². The summed E-state index contributed by atoms with van der Waals surface area (Å²) in [6.07, 6.45) is 1.96. The molecule has 108 valence electrons. The monoisotopic (exact) mass is 283 g/mol. The highest BCUT2D eigenvalue weighted by molar-refractivity contribution is 6.06. The molecule has 0 saturated heterocycles. The van der Waals surface area contributed by atoms with Gasteiger partial charge in [0.25, 0.3) is 5.91 Å². The second-order valence-corrected chi connectivity index (χ2v) is 5.54. The van der Waals surface area contributed by atoms with Crippen LogP contribution in [-0.4, -0.2) is 38.2 Å². The van der Waals surface area contributed by atoms with Crippen LogP contribution in [0.15, 0.2) is 6.07 Å². The molecule has 0 spiro atoms. The van der Waals surface area contributed by atoms with Gasteiger partial charge < -0.3 is 4.90 Å². The molecule has 0 bridgehead atoms. The van der Waals surface area contributed by atoms with Crippen molar-refractivity contribution >= 4 is 16.9 Å². The maximum Gasteiger partial charge on any atom is 0.255 e. The summed E-state index contributed by atoms with van der Waals surface area (Å²) in [5.41, 5.74) is 2.88. The number of aryl methyl sites for hydroxylation is 3. The van der Waals surface area contributed by atoms with Gasteiger partial charge in [-0.25, -0.2) is 4.98 Å². The summed E-state index contributed by atoms with van der Waals surface area (Å²) in [6, 6.07) is 4.09. The van der Waals surface area contributed by atoms with Gasteiger partial charge in [0.1, 0.15) is 6.54 Å². The Hall–Kier alpha value is -2.42. The first-order valence-electron chi connectivity index (χ1n) is 7.01. The maximum atomic E-state index is 12.9. The van der Waals surface area contributed by atoms with Crippen LogP contribution in [0, 0.1) is 25.2 Å². The Labute approximate surface area is 123 Å². The third kappa shape index (κ3) is 2.25. The van der Waals surface area contributed by atoms with E-state index in [0.29, 0.717) is 11.2 Å². The molecule has 1 amide bonds. The molecule has 1 fully saturated rings. The van der Waals surface area contributed by atoms with Gasteiger partial charge in [-0.2, -0.15) is 10.4 Å². The van der Waals surface area contributed by atoms with Crippen LogP contribution in [0.3, 0.4) is 0 Å². The number of fused-ring (bicyclic) bond motifs is 1. The number of amides is 1. The van der Waals surface area contributed by atoms with Crippen LogP contribution < -0.4 is 0 Å². The second kappa shape index (κ2) is 4.85. The molecule has 0 unspecified atom stereocenters. The lowest BCUT2D eigenvalue weighted by Gasteiger charge is -2.19. The highest BCUT2D eigenvalue weighted by atomic mass is 16.2. The van der Waals surface area contributed by atoms with Crippen molar-refractivity contribution in [2.24, 2.45) is 7.05 Å². The number of aromatic nitrogens is 3. The number of rotatable bonds is 3. The van der Waals surface area contributed by atoms with Crippen LogP contribution in [0.4, 0.5) is 0 Å². The zero-order chi connectivity index (χ0) is 15.1. The first-order chi connectivity index (χ1) is 10.0. The highest BCUT2D eigenvalue weighted by Crippen LogP contribution is 2.30. The zero-order valence-electron chi connectivity index (χ0n) is 12.4. The van der Waals surface area contributed by atoms with E-state index in [0.717, 1.165) is 29.6 Å². The smallest absolute Gasteiger partial charge is 0.255 e. The molecule has 0 aromatic carbocycles. The Bertz CT molecular complexity index is 766. The fraction of sp³-hybridized carbons (Fsp3) is 0.467. The Kier molecular flexibility index (Phi) is 3.13. The molecule has 21 heavy (non-hydrogen) atoms. The summed E-state index contributed by atoms with van der Waals surface area (Å²) < 4.78 is 1.69. The van der Waals surface area contributed by atoms with Gasteiger partial charge in [-0.3, -0.25) is 9.48 Å². The molecule has 6 heteroatoms. The zero-order valence-corrected chi connectivity index (χ0v) is 12.4. The number of pyridine rings is 1. The van der Waals surface area contributed by atoms with Gasteiger partial charge in [0, 0.05) is 18.8 Å². The van der Waals surface area contributed by atoms with Crippen molar-refractivity contribution in [3.05, 3.63) is 23.0 Å². The van der Waals surface area contributed by atoms with Crippen molar-refractivity contribution in [1.29, 1.82) is 5.26 Å². The fourth-order valence-corrected chi connectivity index (χ4v) is 2.72. The van der Waals surface area contributed by atoms with E-state index in [-0.39, 0.29) is 18.5 Å². The Morgan fingerprint density at radius 1 is 1.52 bits per heavy atom. The average molecular weight is 283 g/mol. The molecule has 1 aliphatic rings. The van der Waals surface area contributed by atoms with E-state index < -0.39 is 0 Å². The van der Waals surface area contributed by atoms with Crippen LogP contribution in [0.1, 0.15) is 34.6 Å². The van der Waals surface area contributed by atoms with Crippen LogP contribution in [0.2, 0.25) is 0 Å². The first-order valence-corrected chi connectivity index (χ1v) is 7.01. The molecule has 2 aromatic heterocycles. The van der Waals surface area contributed by atoms with E-state index in [2.05, 4.69) is 16.2 Å². The lowest BCUT2D eigenvalue weighted by atomic mass is 10.1. The minimum atomic E-state index is -0.0920. The van der Waals surface area contributed by atoms with E-state index in [1.165, 1.54) is 0 Å². The second-order valence-electron chi connectivity index (χ2n) is 5.54. The molecule has 0 atom stereocenters. The maximum absolute atomic E-state index is 12.9. The van der Waals surface area contributed by atoms with Crippen LogP contribution in [0.5, 0.6) is 0 Å². The van der Waals surface area contributed by atoms with Gasteiger partial charge in [0.2, 0.25) is 0 Å². The fourth-order valence-electron chi connectivity index (χ4n) is 2.72. The Morgan fingerprint density at radius 3 is 2.86 bits per heavy atom. The van der Waals surface area contributed by atoms with E-state index in [1.54, 1.807) is 15.6 Å². The van der Waals surface area contributed by atoms with Crippen LogP contribution in [0.25, 0.3) is 11.0 Å². The van der Waals surface area contributed by atoms with Crippen molar-refractivity contribution in [3.63, 3.8) is 0 Å². The van der Waals surface area contributed by atoms with Crippen molar-refractivity contribution < 1.29 is 4.79 Å². The van der Waals surface area contributed by atoms with Gasteiger partial charge in [0.15, 0.2) is 5.65 Å². The molecule has 6 nitrogen and oxygen atoms in total. The molecule has 1 saturated carbocycles. The number of nitrogens with zero attached hydrogens (tertiary/aromatic N) is 5. The molecule has 0 N–H and O–H groups in total. The molecule has 3 rings (SSSR count). The molecular weight excluding hydrogens is 266 g/mol. The van der Waals surface area contributed by atoms with Gasteiger partial charge in [-0.15, -0.1) is 0 Å². The standard InChI is InChI=1S/C15H17N5O/c1-9-8-12(13-10(2)18-19(3)14(13)17-9)15(21)20(7-6-16)11-4-5-11/h8,11H,4-5,7H2,1-3H3. The Morgan fingerprint density at radius 2 is 2.24 bits per heavy atom. The molecule has 0 radical (unpaired) electrons. The predicted octanol–water partition coefficient (Wildman–Crippen LogP) is 1.71. The topological polar surface area (TPSA) is 74.8 Å². The summed E-state index contributed by atoms with van der Waals surface area (Å²) in [7, 11) is 1.82. The lowest BCUT2D eigenvalue weighted by Crippen LogP contribution is -2.33. The predicted molar refractivity (Wildman–Crippen MR) is 77.7 cm³/mol. The summed E-state index contributed by atoms with van der Waals surface area (Å²) >= 11 is 0. The van der Waals surface area contributed by atoms with Crippen LogP contribution >= 0.6 is 0 Å². The minimum absolute atomic E-state index is 0.0920. The lowest BCUT2D eigenvalue weighted by molar-refractivity contribution is 0.0766. The quantitative estimate of drug-likeness (QED) is 0.804. The third-order valence-corrected chi connectivity index (χ3v) is 3.82. The van der Waals surface area contributed by atoms with E-state index >= 15 is 0 Å². The minimum Gasteiger partial charge on any atom is -0.322 e. The number of carbonyl (C=O) groups is 1. The molecule has 1 aliphatic carbocycles. The first kappa shape index (κ1) is 13.6. The van der Waals surface area contributed by atoms with Gasteiger partial charge in [-0.05, 0) is 32.8 Å². The van der Waals surface area contributed by atoms with Crippen LogP contribution in [-0.2, 0) is 7.05 Å². The number of hydrogen-bond acceptors (Lipinski definition) is 4. The van der Waals surface area contributed by atoms with Crippen molar-refractivity contribution in [1.82, 2.24) is 19.7 Å². The van der Waals surface area contributed by atoms with Gasteiger partial charge >= 0.3 is 0 Å². The van der Waals surface area contributed by atoms with E-state index in [4.69, 9.17) is 5.26 Å². The van der Waals surface area contributed by atoms with Gasteiger partial charge in [-0.1, -0.05) is 0 Å². The molecular formula is C15H17N5O. The van der Waals surface area contributed by atoms with E-state index in [1.807, 2.05) is 20.9 Å². The Balaban J connectivity index is 2.15. The summed E-state index contributed by atoms with van der Waals surface area (Å²) in [5.74, 6) is -0.0920. The SMILES string of the molecule is Cc1cc(C(=O)N(CC#N)C2CC2)c2c(C)nn(C)c2n1. The molecule has 2 heterocycles. The number of hydrogen-bond donors (Lipinski definition) is 0. The third-order valence-electron chi connectivity index (χ3n) is 3.82. The van der Waals surface area contributed by atoms with Crippen molar-refractivity contribution in [3.8, 4) is 6.07 Å². The normalized spacial score (nSPS) is 14.2. The molecule has 0 aliphatic heterocycles. The summed E-state index contributed by atoms with van der Waals surface area (Å²) in [4.78, 5) is 19.0. The largest absolute Gasteiger partial charge is 0.322 e.